The Morgan fingerprint density at radius 2 is 2.10 bits per heavy atom. The summed E-state index contributed by atoms with van der Waals surface area (Å²) in [6.45, 7) is 3.94. The maximum atomic E-state index is 10.9. The van der Waals surface area contributed by atoms with Crippen molar-refractivity contribution in [2.45, 2.75) is 32.1 Å². The van der Waals surface area contributed by atoms with Crippen LogP contribution in [0.1, 0.15) is 36.8 Å². The van der Waals surface area contributed by atoms with Crippen LogP contribution >= 0.6 is 11.6 Å². The quantitative estimate of drug-likeness (QED) is 0.925. The van der Waals surface area contributed by atoms with Crippen molar-refractivity contribution < 1.29 is 9.90 Å². The Hall–Kier alpha value is -1.06. The summed E-state index contributed by atoms with van der Waals surface area (Å²) in [6, 6.07) is 6.05. The molecule has 110 valence electrons. The highest BCUT2D eigenvalue weighted by Gasteiger charge is 2.21. The van der Waals surface area contributed by atoms with Gasteiger partial charge in [-0.2, -0.15) is 0 Å². The fourth-order valence-electron chi connectivity index (χ4n) is 2.79. The molecule has 0 aliphatic carbocycles. The lowest BCUT2D eigenvalue weighted by molar-refractivity contribution is -0.141. The van der Waals surface area contributed by atoms with Crippen LogP contribution in [0.25, 0.3) is 0 Å². The molecule has 3 nitrogen and oxygen atoms in total. The highest BCUT2D eigenvalue weighted by atomic mass is 35.5. The molecule has 1 saturated heterocycles. The predicted molar refractivity (Wildman–Crippen MR) is 81.4 cm³/mol. The van der Waals surface area contributed by atoms with Crippen LogP contribution in [0.4, 0.5) is 0 Å². The van der Waals surface area contributed by atoms with Gasteiger partial charge in [-0.1, -0.05) is 30.7 Å². The van der Waals surface area contributed by atoms with Crippen molar-refractivity contribution >= 4 is 17.6 Å². The number of piperidine rings is 1. The summed E-state index contributed by atoms with van der Waals surface area (Å²) in [7, 11) is 2.15. The Bertz CT molecular complexity index is 481. The highest BCUT2D eigenvalue weighted by Crippen LogP contribution is 2.33. The van der Waals surface area contributed by atoms with Gasteiger partial charge in [0.15, 0.2) is 0 Å². The second-order valence-corrected chi connectivity index (χ2v) is 6.28. The molecule has 0 saturated carbocycles. The van der Waals surface area contributed by atoms with Gasteiger partial charge < -0.3 is 10.0 Å². The first-order valence-electron chi connectivity index (χ1n) is 7.17. The third kappa shape index (κ3) is 3.74. The normalized spacial score (nSPS) is 18.9. The summed E-state index contributed by atoms with van der Waals surface area (Å²) in [6.07, 6.45) is 2.81. The number of hydrogen-bond acceptors (Lipinski definition) is 2. The number of carboxylic acid groups (broad SMARTS) is 1. The Kier molecular flexibility index (Phi) is 5.06. The maximum absolute atomic E-state index is 10.9. The lowest BCUT2D eigenvalue weighted by Crippen LogP contribution is -2.29. The van der Waals surface area contributed by atoms with E-state index < -0.39 is 5.97 Å². The summed E-state index contributed by atoms with van der Waals surface area (Å²) in [5.74, 6) is -0.606. The van der Waals surface area contributed by atoms with Crippen LogP contribution in [-0.2, 0) is 11.2 Å². The molecule has 1 unspecified atom stereocenters. The van der Waals surface area contributed by atoms with Crippen LogP contribution in [0.2, 0.25) is 5.02 Å². The highest BCUT2D eigenvalue weighted by molar-refractivity contribution is 6.31. The first-order chi connectivity index (χ1) is 9.47. The van der Waals surface area contributed by atoms with E-state index in [9.17, 15) is 4.79 Å². The van der Waals surface area contributed by atoms with E-state index >= 15 is 0 Å². The molecule has 20 heavy (non-hydrogen) atoms. The zero-order valence-corrected chi connectivity index (χ0v) is 12.9. The molecular formula is C16H22ClNO2. The van der Waals surface area contributed by atoms with Crippen LogP contribution in [0.3, 0.4) is 0 Å². The second-order valence-electron chi connectivity index (χ2n) is 5.88. The molecule has 1 aliphatic heterocycles. The lowest BCUT2D eigenvalue weighted by Gasteiger charge is -2.29. The van der Waals surface area contributed by atoms with E-state index in [1.54, 1.807) is 6.92 Å². The molecule has 1 aromatic carbocycles. The van der Waals surface area contributed by atoms with E-state index in [2.05, 4.69) is 18.0 Å². The summed E-state index contributed by atoms with van der Waals surface area (Å²) < 4.78 is 0. The van der Waals surface area contributed by atoms with Gasteiger partial charge in [0.05, 0.1) is 5.92 Å². The minimum absolute atomic E-state index is 0.375. The smallest absolute Gasteiger partial charge is 0.306 e. The van der Waals surface area contributed by atoms with Gasteiger partial charge in [-0.15, -0.1) is 0 Å². The zero-order valence-electron chi connectivity index (χ0n) is 12.1. The molecule has 0 radical (unpaired) electrons. The summed E-state index contributed by atoms with van der Waals surface area (Å²) in [4.78, 5) is 13.2. The van der Waals surface area contributed by atoms with Gasteiger partial charge in [0.25, 0.3) is 0 Å². The summed E-state index contributed by atoms with van der Waals surface area (Å²) in [5, 5.41) is 9.74. The molecule has 2 rings (SSSR count). The Morgan fingerprint density at radius 3 is 2.65 bits per heavy atom. The molecular weight excluding hydrogens is 274 g/mol. The molecule has 0 aromatic heterocycles. The summed E-state index contributed by atoms with van der Waals surface area (Å²) >= 11 is 6.40. The largest absolute Gasteiger partial charge is 0.481 e. The summed E-state index contributed by atoms with van der Waals surface area (Å²) in [5.41, 5.74) is 2.22. The average molecular weight is 296 g/mol. The number of hydrogen-bond donors (Lipinski definition) is 1. The van der Waals surface area contributed by atoms with Gasteiger partial charge in [-0.25, -0.2) is 0 Å². The lowest BCUT2D eigenvalue weighted by atomic mass is 9.88. The van der Waals surface area contributed by atoms with Crippen molar-refractivity contribution in [1.82, 2.24) is 4.90 Å². The molecule has 1 heterocycles. The number of carboxylic acids is 1. The van der Waals surface area contributed by atoms with Crippen molar-refractivity contribution in [2.75, 3.05) is 20.1 Å². The molecule has 1 aliphatic rings. The van der Waals surface area contributed by atoms with E-state index in [1.807, 2.05) is 12.1 Å². The third-order valence-corrected chi connectivity index (χ3v) is 4.51. The number of carbonyl (C=O) groups is 1. The number of likely N-dealkylation sites (tertiary alicyclic amines) is 1. The molecule has 0 bridgehead atoms. The van der Waals surface area contributed by atoms with Crippen LogP contribution in [0, 0.1) is 5.92 Å². The molecule has 0 amide bonds. The standard InChI is InChI=1S/C16H22ClNO2/c1-11(16(19)20)9-12-3-4-14(15(17)10-12)13-5-7-18(2)8-6-13/h3-4,10-11,13H,5-9H2,1-2H3,(H,19,20). The van der Waals surface area contributed by atoms with E-state index in [0.717, 1.165) is 36.5 Å². The SMILES string of the molecule is CC(Cc1ccc(C2CCN(C)CC2)c(Cl)c1)C(=O)O. The maximum Gasteiger partial charge on any atom is 0.306 e. The fraction of sp³-hybridized carbons (Fsp3) is 0.562. The van der Waals surface area contributed by atoms with Gasteiger partial charge >= 0.3 is 5.97 Å². The second kappa shape index (κ2) is 6.59. The minimum Gasteiger partial charge on any atom is -0.481 e. The molecule has 1 fully saturated rings. The molecule has 1 aromatic rings. The number of rotatable bonds is 4. The Morgan fingerprint density at radius 1 is 1.45 bits per heavy atom. The van der Waals surface area contributed by atoms with Gasteiger partial charge in [0.2, 0.25) is 0 Å². The molecule has 0 spiro atoms. The minimum atomic E-state index is -0.763. The number of nitrogens with zero attached hydrogens (tertiary/aromatic N) is 1. The number of halogens is 1. The first kappa shape index (κ1) is 15.3. The zero-order chi connectivity index (χ0) is 14.7. The van der Waals surface area contributed by atoms with Crippen molar-refractivity contribution in [2.24, 2.45) is 5.92 Å². The third-order valence-electron chi connectivity index (χ3n) is 4.19. The van der Waals surface area contributed by atoms with Gasteiger partial charge in [-0.05, 0) is 62.5 Å². The van der Waals surface area contributed by atoms with E-state index in [1.165, 1.54) is 5.56 Å². The first-order valence-corrected chi connectivity index (χ1v) is 7.55. The molecule has 1 atom stereocenters. The van der Waals surface area contributed by atoms with Crippen LogP contribution < -0.4 is 0 Å². The van der Waals surface area contributed by atoms with E-state index in [4.69, 9.17) is 16.7 Å². The fourth-order valence-corrected chi connectivity index (χ4v) is 3.15. The Balaban J connectivity index is 2.08. The van der Waals surface area contributed by atoms with Crippen LogP contribution in [-0.4, -0.2) is 36.1 Å². The van der Waals surface area contributed by atoms with Crippen molar-refractivity contribution in [3.05, 3.63) is 34.3 Å². The number of aliphatic carboxylic acids is 1. The average Bonchev–Trinajstić information content (AvgIpc) is 2.40. The van der Waals surface area contributed by atoms with Crippen molar-refractivity contribution in [1.29, 1.82) is 0 Å². The molecule has 1 N–H and O–H groups in total. The van der Waals surface area contributed by atoms with E-state index in [0.29, 0.717) is 12.3 Å². The van der Waals surface area contributed by atoms with Gasteiger partial charge in [0, 0.05) is 5.02 Å². The van der Waals surface area contributed by atoms with Gasteiger partial charge in [-0.3, -0.25) is 4.79 Å². The van der Waals surface area contributed by atoms with Crippen LogP contribution in [0.15, 0.2) is 18.2 Å². The monoisotopic (exact) mass is 295 g/mol. The number of benzene rings is 1. The molecule has 4 heteroatoms. The van der Waals surface area contributed by atoms with E-state index in [-0.39, 0.29) is 5.92 Å². The van der Waals surface area contributed by atoms with Crippen LogP contribution in [0.5, 0.6) is 0 Å². The predicted octanol–water partition coefficient (Wildman–Crippen LogP) is 3.41. The topological polar surface area (TPSA) is 40.5 Å². The Labute approximate surface area is 125 Å². The van der Waals surface area contributed by atoms with Crippen molar-refractivity contribution in [3.8, 4) is 0 Å². The van der Waals surface area contributed by atoms with Gasteiger partial charge in [0.1, 0.15) is 0 Å². The van der Waals surface area contributed by atoms with Crippen molar-refractivity contribution in [3.63, 3.8) is 0 Å².